The number of nitrogens with zero attached hydrogens (tertiary/aromatic N) is 4. The number of aldehydes is 1. The zero-order valence-electron chi connectivity index (χ0n) is 22.9. The number of likely N-dealkylation sites (N-methyl/N-ethyl adjacent to an activating group) is 1. The van der Waals surface area contributed by atoms with E-state index in [9.17, 15) is 9.59 Å². The molecule has 2 aromatic rings. The molecule has 4 rings (SSSR count). The summed E-state index contributed by atoms with van der Waals surface area (Å²) in [6, 6.07) is 8.77. The average molecular weight is 526 g/mol. The molecule has 0 aliphatic carbocycles. The largest absolute Gasteiger partial charge is 0.461 e. The number of nitrogens with two attached hydrogens (primary N) is 2. The first-order chi connectivity index (χ1) is 18.4. The van der Waals surface area contributed by atoms with Gasteiger partial charge in [-0.25, -0.2) is 0 Å². The third-order valence-corrected chi connectivity index (χ3v) is 5.97. The SMILES string of the molecule is C#C.CN1CCC[C@H]1CN.CNc1ccc2oc(C)cc2c1.N#CN=CN.O=CCN1CCCCCC1=O. The number of amides is 1. The second kappa shape index (κ2) is 21.2. The van der Waals surface area contributed by atoms with E-state index in [4.69, 9.17) is 15.4 Å². The van der Waals surface area contributed by atoms with Gasteiger partial charge < -0.3 is 35.8 Å². The lowest BCUT2D eigenvalue weighted by Gasteiger charge is -2.16. The molecule has 1 amide bonds. The lowest BCUT2D eigenvalue weighted by atomic mass is 10.2. The normalized spacial score (nSPS) is 16.7. The van der Waals surface area contributed by atoms with Crippen LogP contribution in [-0.4, -0.2) is 74.6 Å². The number of carbonyl (C=O) groups is 2. The van der Waals surface area contributed by atoms with Crippen LogP contribution < -0.4 is 16.8 Å². The third kappa shape index (κ3) is 13.4. The highest BCUT2D eigenvalue weighted by Crippen LogP contribution is 2.22. The molecule has 5 N–H and O–H groups in total. The number of aliphatic imine (C=N–C) groups is 1. The Morgan fingerprint density at radius 2 is 1.97 bits per heavy atom. The van der Waals surface area contributed by atoms with Crippen LogP contribution in [0.3, 0.4) is 0 Å². The van der Waals surface area contributed by atoms with E-state index in [1.165, 1.54) is 25.6 Å². The van der Waals surface area contributed by atoms with Crippen LogP contribution in [-0.2, 0) is 9.59 Å². The summed E-state index contributed by atoms with van der Waals surface area (Å²) in [6.45, 7) is 5.06. The van der Waals surface area contributed by atoms with Crippen molar-refractivity contribution in [2.75, 3.05) is 45.6 Å². The van der Waals surface area contributed by atoms with Gasteiger partial charge in [0.05, 0.1) is 12.9 Å². The molecule has 2 saturated heterocycles. The predicted octanol–water partition coefficient (Wildman–Crippen LogP) is 3.11. The van der Waals surface area contributed by atoms with E-state index in [1.807, 2.05) is 32.2 Å². The maximum absolute atomic E-state index is 11.2. The van der Waals surface area contributed by atoms with Gasteiger partial charge in [-0.2, -0.15) is 10.3 Å². The predicted molar refractivity (Wildman–Crippen MR) is 154 cm³/mol. The minimum Gasteiger partial charge on any atom is -0.461 e. The lowest BCUT2D eigenvalue weighted by Crippen LogP contribution is -2.31. The van der Waals surface area contributed by atoms with Crippen molar-refractivity contribution in [1.29, 1.82) is 5.26 Å². The minimum atomic E-state index is 0.134. The van der Waals surface area contributed by atoms with Crippen LogP contribution in [0.1, 0.15) is 44.3 Å². The zero-order valence-corrected chi connectivity index (χ0v) is 22.9. The van der Waals surface area contributed by atoms with Crippen LogP contribution in [0, 0.1) is 31.2 Å². The second-order valence-corrected chi connectivity index (χ2v) is 8.57. The number of hydrogen-bond donors (Lipinski definition) is 3. The number of anilines is 1. The van der Waals surface area contributed by atoms with E-state index in [-0.39, 0.29) is 12.5 Å². The van der Waals surface area contributed by atoms with Gasteiger partial charge in [0.2, 0.25) is 12.1 Å². The number of rotatable bonds is 4. The lowest BCUT2D eigenvalue weighted by molar-refractivity contribution is -0.132. The van der Waals surface area contributed by atoms with Crippen molar-refractivity contribution >= 4 is 35.2 Å². The molecule has 10 heteroatoms. The molecular weight excluding hydrogens is 482 g/mol. The molecule has 10 nitrogen and oxygen atoms in total. The zero-order chi connectivity index (χ0) is 28.8. The van der Waals surface area contributed by atoms with Gasteiger partial charge in [-0.15, -0.1) is 12.8 Å². The first-order valence-corrected chi connectivity index (χ1v) is 12.6. The summed E-state index contributed by atoms with van der Waals surface area (Å²) >= 11 is 0. The smallest absolute Gasteiger partial charge is 0.222 e. The molecule has 1 aromatic heterocycles. The molecule has 2 aliphatic rings. The molecule has 0 spiro atoms. The molecule has 1 atom stereocenters. The Balaban J connectivity index is 0.000000490. The molecule has 0 saturated carbocycles. The van der Waals surface area contributed by atoms with Crippen LogP contribution in [0.2, 0.25) is 0 Å². The third-order valence-electron chi connectivity index (χ3n) is 5.97. The Hall–Kier alpha value is -3.86. The molecule has 38 heavy (non-hydrogen) atoms. The maximum atomic E-state index is 11.2. The average Bonchev–Trinajstić information content (AvgIpc) is 3.46. The number of fused-ring (bicyclic) bond motifs is 1. The Morgan fingerprint density at radius 3 is 2.47 bits per heavy atom. The summed E-state index contributed by atoms with van der Waals surface area (Å²) < 4.78 is 5.44. The molecule has 208 valence electrons. The number of furan rings is 1. The summed E-state index contributed by atoms with van der Waals surface area (Å²) in [4.78, 5) is 28.2. The van der Waals surface area contributed by atoms with Gasteiger partial charge in [-0.3, -0.25) is 4.79 Å². The maximum Gasteiger partial charge on any atom is 0.222 e. The number of benzene rings is 1. The minimum absolute atomic E-state index is 0.134. The van der Waals surface area contributed by atoms with Crippen molar-refractivity contribution in [3.63, 3.8) is 0 Å². The molecule has 3 heterocycles. The monoisotopic (exact) mass is 525 g/mol. The van der Waals surface area contributed by atoms with Gasteiger partial charge in [0.25, 0.3) is 0 Å². The molecule has 2 aliphatic heterocycles. The Labute approximate surface area is 227 Å². The Bertz CT molecular complexity index is 1030. The van der Waals surface area contributed by atoms with Crippen molar-refractivity contribution in [1.82, 2.24) is 9.80 Å². The molecule has 0 bridgehead atoms. The quantitative estimate of drug-likeness (QED) is 0.181. The summed E-state index contributed by atoms with van der Waals surface area (Å²) in [6.07, 6.45) is 17.6. The molecule has 0 unspecified atom stereocenters. The number of nitrogens with one attached hydrogen (secondary N) is 1. The van der Waals surface area contributed by atoms with Gasteiger partial charge in [0.1, 0.15) is 17.6 Å². The fourth-order valence-corrected chi connectivity index (χ4v) is 3.96. The highest BCUT2D eigenvalue weighted by molar-refractivity contribution is 5.81. The van der Waals surface area contributed by atoms with Gasteiger partial charge >= 0.3 is 0 Å². The van der Waals surface area contributed by atoms with Crippen molar-refractivity contribution in [2.24, 2.45) is 16.5 Å². The number of carbonyl (C=O) groups excluding carboxylic acids is 2. The number of hydrogen-bond acceptors (Lipinski definition) is 8. The van der Waals surface area contributed by atoms with Crippen LogP contribution in [0.15, 0.2) is 33.7 Å². The van der Waals surface area contributed by atoms with E-state index < -0.39 is 0 Å². The van der Waals surface area contributed by atoms with Crippen molar-refractivity contribution in [3.8, 4) is 19.0 Å². The van der Waals surface area contributed by atoms with Crippen LogP contribution in [0.4, 0.5) is 5.69 Å². The van der Waals surface area contributed by atoms with E-state index in [0.29, 0.717) is 12.5 Å². The first kappa shape index (κ1) is 34.1. The van der Waals surface area contributed by atoms with Crippen molar-refractivity contribution in [3.05, 3.63) is 30.0 Å². The Kier molecular flexibility index (Phi) is 19.1. The van der Waals surface area contributed by atoms with E-state index in [1.54, 1.807) is 4.90 Å². The molecule has 1 aromatic carbocycles. The summed E-state index contributed by atoms with van der Waals surface area (Å²) in [5.41, 5.74) is 12.2. The van der Waals surface area contributed by atoms with E-state index in [2.05, 4.69) is 46.9 Å². The van der Waals surface area contributed by atoms with Gasteiger partial charge in [0.15, 0.2) is 0 Å². The number of terminal acetylenes is 1. The molecular formula is C28H43N7O3. The van der Waals surface area contributed by atoms with E-state index in [0.717, 1.165) is 67.4 Å². The van der Waals surface area contributed by atoms with Crippen LogP contribution in [0.5, 0.6) is 0 Å². The number of nitriles is 1. The summed E-state index contributed by atoms with van der Waals surface area (Å²) in [5, 5.41) is 11.8. The van der Waals surface area contributed by atoms with E-state index >= 15 is 0 Å². The van der Waals surface area contributed by atoms with Crippen molar-refractivity contribution in [2.45, 2.75) is 51.5 Å². The summed E-state index contributed by atoms with van der Waals surface area (Å²) in [7, 11) is 4.05. The Morgan fingerprint density at radius 1 is 1.24 bits per heavy atom. The fourth-order valence-electron chi connectivity index (χ4n) is 3.96. The number of likely N-dealkylation sites (tertiary alicyclic amines) is 2. The van der Waals surface area contributed by atoms with Crippen LogP contribution >= 0.6 is 0 Å². The van der Waals surface area contributed by atoms with Gasteiger partial charge in [-0.05, 0) is 70.5 Å². The molecule has 2 fully saturated rings. The fraction of sp³-hybridized carbons (Fsp3) is 0.500. The second-order valence-electron chi connectivity index (χ2n) is 8.57. The standard InChI is InChI=1S/C10H11NO.C8H13NO2.C6H14N2.C2H3N3.C2H2/c1-7-5-8-6-9(11-2)3-4-10(8)12-7;10-7-6-9-5-3-1-2-4-8(9)11;1-8-4-2-3-6(8)5-7;3-1-5-2-4;1-2/h3-6,11H,1-2H3;7H,1-6H2;6H,2-5,7H2,1H3;1H,(H2,3,5);1-2H/t;;6-;;/m..0../s1. The van der Waals surface area contributed by atoms with Gasteiger partial charge in [0, 0.05) is 43.7 Å². The highest BCUT2D eigenvalue weighted by Gasteiger charge is 2.18. The summed E-state index contributed by atoms with van der Waals surface area (Å²) in [5.74, 6) is 1.09. The topological polar surface area (TPSA) is 154 Å². The first-order valence-electron chi connectivity index (χ1n) is 12.6. The number of aryl methyl sites for hydroxylation is 1. The van der Waals surface area contributed by atoms with Crippen molar-refractivity contribution < 1.29 is 14.0 Å². The van der Waals surface area contributed by atoms with Gasteiger partial charge in [-0.1, -0.05) is 6.42 Å². The highest BCUT2D eigenvalue weighted by atomic mass is 16.3. The van der Waals surface area contributed by atoms with Crippen LogP contribution in [0.25, 0.3) is 11.0 Å². The molecule has 0 radical (unpaired) electrons.